The third kappa shape index (κ3) is 1.91. The molecule has 0 aromatic heterocycles. The van der Waals surface area contributed by atoms with Crippen molar-refractivity contribution in [3.05, 3.63) is 35.9 Å². The number of fused-ring (bicyclic) bond motifs is 1. The quantitative estimate of drug-likeness (QED) is 0.672. The van der Waals surface area contributed by atoms with Gasteiger partial charge >= 0.3 is 0 Å². The molecular weight excluding hydrogens is 194 g/mol. The fraction of sp³-hybridized carbons (Fsp3) is 0.533. The van der Waals surface area contributed by atoms with Crippen LogP contribution in [-0.4, -0.2) is 12.3 Å². The van der Waals surface area contributed by atoms with Gasteiger partial charge in [0.25, 0.3) is 0 Å². The number of hydrogen-bond donors (Lipinski definition) is 0. The molecule has 2 aliphatic rings. The van der Waals surface area contributed by atoms with Crippen LogP contribution in [0, 0.1) is 5.92 Å². The van der Waals surface area contributed by atoms with Crippen molar-refractivity contribution < 1.29 is 0 Å². The lowest BCUT2D eigenvalue weighted by molar-refractivity contribution is 0.433. The van der Waals surface area contributed by atoms with Crippen LogP contribution in [0.2, 0.25) is 0 Å². The first-order valence-corrected chi connectivity index (χ1v) is 6.51. The molecule has 2 atom stereocenters. The molecule has 84 valence electrons. The number of nitrogens with zero attached hydrogens (tertiary/aromatic N) is 1. The van der Waals surface area contributed by atoms with Crippen LogP contribution in [0.5, 0.6) is 0 Å². The van der Waals surface area contributed by atoms with Gasteiger partial charge in [-0.2, -0.15) is 0 Å². The second-order valence-electron chi connectivity index (χ2n) is 5.12. The van der Waals surface area contributed by atoms with Crippen LogP contribution in [0.3, 0.4) is 0 Å². The minimum atomic E-state index is 0.674. The Hall–Kier alpha value is -1.11. The molecule has 16 heavy (non-hydrogen) atoms. The molecule has 0 spiro atoms. The molecule has 1 aromatic carbocycles. The third-order valence-electron chi connectivity index (χ3n) is 4.06. The molecule has 2 unspecified atom stereocenters. The van der Waals surface area contributed by atoms with E-state index in [2.05, 4.69) is 30.3 Å². The largest absolute Gasteiger partial charge is 0.293 e. The second-order valence-corrected chi connectivity index (χ2v) is 5.12. The molecule has 3 rings (SSSR count). The van der Waals surface area contributed by atoms with Crippen LogP contribution < -0.4 is 0 Å². The Balaban J connectivity index is 1.79. The molecule has 1 aromatic rings. The highest BCUT2D eigenvalue weighted by molar-refractivity contribution is 5.88. The molecule has 1 aliphatic carbocycles. The lowest BCUT2D eigenvalue weighted by Gasteiger charge is -2.32. The van der Waals surface area contributed by atoms with Gasteiger partial charge in [0.2, 0.25) is 0 Å². The summed E-state index contributed by atoms with van der Waals surface area (Å²) in [6.45, 7) is 1.02. The number of benzene rings is 1. The fourth-order valence-electron chi connectivity index (χ4n) is 3.14. The standard InChI is InChI=1S/C15H19N/c1-2-6-12(7-3-1)14-10-13-8-4-5-9-15(13)16-11-14/h1-3,6-7,13-14H,4-5,8-11H2. The average molecular weight is 213 g/mol. The molecule has 0 N–H and O–H groups in total. The third-order valence-corrected chi connectivity index (χ3v) is 4.06. The normalized spacial score (nSPS) is 29.4. The Morgan fingerprint density at radius 1 is 1.00 bits per heavy atom. The van der Waals surface area contributed by atoms with Crippen molar-refractivity contribution in [3.8, 4) is 0 Å². The molecule has 0 saturated heterocycles. The van der Waals surface area contributed by atoms with E-state index in [1.54, 1.807) is 0 Å². The molecule has 1 nitrogen and oxygen atoms in total. The molecular formula is C15H19N. The molecule has 1 heteroatoms. The summed E-state index contributed by atoms with van der Waals surface area (Å²) in [5.74, 6) is 1.47. The van der Waals surface area contributed by atoms with E-state index >= 15 is 0 Å². The molecule has 1 fully saturated rings. The molecule has 0 radical (unpaired) electrons. The van der Waals surface area contributed by atoms with E-state index in [0.717, 1.165) is 12.5 Å². The zero-order valence-corrected chi connectivity index (χ0v) is 9.73. The maximum Gasteiger partial charge on any atom is 0.0457 e. The minimum absolute atomic E-state index is 0.674. The van der Waals surface area contributed by atoms with Gasteiger partial charge in [0.15, 0.2) is 0 Å². The Morgan fingerprint density at radius 3 is 2.75 bits per heavy atom. The molecule has 1 aliphatic heterocycles. The monoisotopic (exact) mass is 213 g/mol. The predicted molar refractivity (Wildman–Crippen MR) is 68.1 cm³/mol. The Labute approximate surface area is 97.6 Å². The highest BCUT2D eigenvalue weighted by Crippen LogP contribution is 2.35. The topological polar surface area (TPSA) is 12.4 Å². The predicted octanol–water partition coefficient (Wildman–Crippen LogP) is 3.81. The smallest absolute Gasteiger partial charge is 0.0457 e. The summed E-state index contributed by atoms with van der Waals surface area (Å²) in [4.78, 5) is 4.83. The average Bonchev–Trinajstić information content (AvgIpc) is 2.39. The van der Waals surface area contributed by atoms with Gasteiger partial charge in [-0.1, -0.05) is 36.8 Å². The van der Waals surface area contributed by atoms with Crippen LogP contribution in [0.15, 0.2) is 35.3 Å². The number of hydrogen-bond acceptors (Lipinski definition) is 1. The molecule has 0 amide bonds. The van der Waals surface area contributed by atoms with Gasteiger partial charge < -0.3 is 0 Å². The lowest BCUT2D eigenvalue weighted by atomic mass is 9.77. The highest BCUT2D eigenvalue weighted by Gasteiger charge is 2.28. The molecule has 1 saturated carbocycles. The molecule has 1 heterocycles. The van der Waals surface area contributed by atoms with Gasteiger partial charge in [-0.25, -0.2) is 0 Å². The van der Waals surface area contributed by atoms with Crippen LogP contribution in [0.25, 0.3) is 0 Å². The van der Waals surface area contributed by atoms with Gasteiger partial charge in [-0.3, -0.25) is 4.99 Å². The summed E-state index contributed by atoms with van der Waals surface area (Å²) < 4.78 is 0. The van der Waals surface area contributed by atoms with Crippen LogP contribution >= 0.6 is 0 Å². The van der Waals surface area contributed by atoms with Crippen molar-refractivity contribution >= 4 is 5.71 Å². The van der Waals surface area contributed by atoms with Gasteiger partial charge in [0.05, 0.1) is 0 Å². The number of aliphatic imine (C=N–C) groups is 1. The van der Waals surface area contributed by atoms with Gasteiger partial charge in [0.1, 0.15) is 0 Å². The van der Waals surface area contributed by atoms with E-state index in [4.69, 9.17) is 4.99 Å². The summed E-state index contributed by atoms with van der Waals surface area (Å²) in [5.41, 5.74) is 3.01. The van der Waals surface area contributed by atoms with E-state index in [0.29, 0.717) is 5.92 Å². The van der Waals surface area contributed by atoms with E-state index in [1.165, 1.54) is 43.4 Å². The summed E-state index contributed by atoms with van der Waals surface area (Å²) in [6.07, 6.45) is 6.76. The van der Waals surface area contributed by atoms with Crippen molar-refractivity contribution in [2.75, 3.05) is 6.54 Å². The van der Waals surface area contributed by atoms with Crippen molar-refractivity contribution in [1.82, 2.24) is 0 Å². The SMILES string of the molecule is c1ccc(C2CN=C3CCCCC3C2)cc1. The first kappa shape index (κ1) is 10.1. The van der Waals surface area contributed by atoms with Crippen LogP contribution in [-0.2, 0) is 0 Å². The van der Waals surface area contributed by atoms with Crippen molar-refractivity contribution in [3.63, 3.8) is 0 Å². The van der Waals surface area contributed by atoms with Gasteiger partial charge in [-0.15, -0.1) is 0 Å². The lowest BCUT2D eigenvalue weighted by Crippen LogP contribution is -2.27. The van der Waals surface area contributed by atoms with Gasteiger partial charge in [0, 0.05) is 18.2 Å². The van der Waals surface area contributed by atoms with E-state index < -0.39 is 0 Å². The summed E-state index contributed by atoms with van der Waals surface area (Å²) in [6, 6.07) is 10.9. The number of rotatable bonds is 1. The Bertz CT molecular complexity index is 380. The van der Waals surface area contributed by atoms with E-state index in [-0.39, 0.29) is 0 Å². The van der Waals surface area contributed by atoms with E-state index in [9.17, 15) is 0 Å². The van der Waals surface area contributed by atoms with Crippen LogP contribution in [0.4, 0.5) is 0 Å². The van der Waals surface area contributed by atoms with Gasteiger partial charge in [-0.05, 0) is 37.2 Å². The highest BCUT2D eigenvalue weighted by atomic mass is 14.8. The zero-order valence-electron chi connectivity index (χ0n) is 9.73. The summed E-state index contributed by atoms with van der Waals surface area (Å²) in [7, 11) is 0. The Kier molecular flexibility index (Phi) is 2.77. The van der Waals surface area contributed by atoms with Crippen molar-refractivity contribution in [2.45, 2.75) is 38.0 Å². The van der Waals surface area contributed by atoms with Crippen LogP contribution in [0.1, 0.15) is 43.6 Å². The zero-order chi connectivity index (χ0) is 10.8. The second kappa shape index (κ2) is 4.40. The summed E-state index contributed by atoms with van der Waals surface area (Å²) >= 11 is 0. The van der Waals surface area contributed by atoms with Crippen molar-refractivity contribution in [2.24, 2.45) is 10.9 Å². The summed E-state index contributed by atoms with van der Waals surface area (Å²) in [5, 5.41) is 0. The Morgan fingerprint density at radius 2 is 1.88 bits per heavy atom. The minimum Gasteiger partial charge on any atom is -0.293 e. The fourth-order valence-corrected chi connectivity index (χ4v) is 3.14. The van der Waals surface area contributed by atoms with Crippen molar-refractivity contribution in [1.29, 1.82) is 0 Å². The molecule has 0 bridgehead atoms. The maximum absolute atomic E-state index is 4.83. The first-order valence-electron chi connectivity index (χ1n) is 6.51. The van der Waals surface area contributed by atoms with E-state index in [1.807, 2.05) is 0 Å². The first-order chi connectivity index (χ1) is 7.93. The maximum atomic E-state index is 4.83.